The van der Waals surface area contributed by atoms with Crippen molar-refractivity contribution in [2.24, 2.45) is 7.05 Å². The number of hydrogen-bond donors (Lipinski definition) is 2. The second kappa shape index (κ2) is 4.83. The minimum Gasteiger partial charge on any atom is -0.399 e. The zero-order valence-electron chi connectivity index (χ0n) is 10.00. The van der Waals surface area contributed by atoms with Crippen molar-refractivity contribution >= 4 is 15.7 Å². The number of anilines is 1. The summed E-state index contributed by atoms with van der Waals surface area (Å²) in [7, 11) is -1.69. The summed E-state index contributed by atoms with van der Waals surface area (Å²) < 4.78 is 28.1. The number of nitrogen functional groups attached to an aromatic ring is 1. The second-order valence-corrected chi connectivity index (χ2v) is 5.85. The number of nitrogens with zero attached hydrogens (tertiary/aromatic N) is 1. The topological polar surface area (TPSA) is 77.1 Å². The number of rotatable bonds is 4. The molecule has 0 aliphatic heterocycles. The van der Waals surface area contributed by atoms with Crippen LogP contribution in [0.3, 0.4) is 0 Å². The Labute approximate surface area is 106 Å². The molecule has 96 valence electrons. The summed E-state index contributed by atoms with van der Waals surface area (Å²) in [4.78, 5) is 0.258. The number of aromatic nitrogens is 1. The van der Waals surface area contributed by atoms with Crippen LogP contribution in [-0.2, 0) is 23.6 Å². The van der Waals surface area contributed by atoms with Gasteiger partial charge in [0.25, 0.3) is 0 Å². The van der Waals surface area contributed by atoms with Crippen LogP contribution in [0, 0.1) is 0 Å². The molecule has 1 aromatic carbocycles. The van der Waals surface area contributed by atoms with E-state index in [2.05, 4.69) is 4.72 Å². The van der Waals surface area contributed by atoms with Gasteiger partial charge in [0.2, 0.25) is 10.0 Å². The van der Waals surface area contributed by atoms with Crippen LogP contribution in [-0.4, -0.2) is 13.0 Å². The SMILES string of the molecule is Cn1ccc(S(=O)(=O)NCc2cccc(N)c2)c1. The van der Waals surface area contributed by atoms with Crippen LogP contribution in [0.1, 0.15) is 5.56 Å². The molecule has 6 heteroatoms. The molecule has 0 saturated heterocycles. The van der Waals surface area contributed by atoms with Crippen molar-refractivity contribution in [3.05, 3.63) is 48.3 Å². The zero-order chi connectivity index (χ0) is 13.2. The minimum absolute atomic E-state index is 0.224. The van der Waals surface area contributed by atoms with Crippen LogP contribution in [0.15, 0.2) is 47.6 Å². The fourth-order valence-electron chi connectivity index (χ4n) is 1.60. The van der Waals surface area contributed by atoms with Gasteiger partial charge in [-0.2, -0.15) is 0 Å². The average Bonchev–Trinajstić information content (AvgIpc) is 2.74. The third-order valence-electron chi connectivity index (χ3n) is 2.53. The van der Waals surface area contributed by atoms with Crippen molar-refractivity contribution in [2.75, 3.05) is 5.73 Å². The highest BCUT2D eigenvalue weighted by atomic mass is 32.2. The predicted octanol–water partition coefficient (Wildman–Crippen LogP) is 1.09. The lowest BCUT2D eigenvalue weighted by Crippen LogP contribution is -2.22. The highest BCUT2D eigenvalue weighted by Crippen LogP contribution is 2.11. The number of aryl methyl sites for hydroxylation is 1. The number of nitrogens with two attached hydrogens (primary N) is 1. The average molecular weight is 265 g/mol. The van der Waals surface area contributed by atoms with Crippen molar-refractivity contribution in [2.45, 2.75) is 11.4 Å². The molecule has 0 amide bonds. The Hall–Kier alpha value is -1.79. The van der Waals surface area contributed by atoms with Gasteiger partial charge < -0.3 is 10.3 Å². The summed E-state index contributed by atoms with van der Waals surface area (Å²) >= 11 is 0. The Morgan fingerprint density at radius 2 is 2.11 bits per heavy atom. The van der Waals surface area contributed by atoms with Crippen LogP contribution in [0.25, 0.3) is 0 Å². The number of sulfonamides is 1. The summed E-state index contributed by atoms with van der Waals surface area (Å²) in [5.41, 5.74) is 7.08. The fraction of sp³-hybridized carbons (Fsp3) is 0.167. The van der Waals surface area contributed by atoms with Crippen LogP contribution in [0.4, 0.5) is 5.69 Å². The molecule has 0 fully saturated rings. The van der Waals surface area contributed by atoms with Gasteiger partial charge in [-0.05, 0) is 23.8 Å². The van der Waals surface area contributed by atoms with Crippen LogP contribution in [0.2, 0.25) is 0 Å². The molecule has 0 aliphatic carbocycles. The fourth-order valence-corrected chi connectivity index (χ4v) is 2.67. The van der Waals surface area contributed by atoms with E-state index < -0.39 is 10.0 Å². The van der Waals surface area contributed by atoms with Crippen molar-refractivity contribution in [1.29, 1.82) is 0 Å². The van der Waals surface area contributed by atoms with E-state index in [4.69, 9.17) is 5.73 Å². The minimum atomic E-state index is -3.46. The molecule has 0 bridgehead atoms. The Morgan fingerprint density at radius 1 is 1.33 bits per heavy atom. The van der Waals surface area contributed by atoms with E-state index >= 15 is 0 Å². The molecule has 0 saturated carbocycles. The van der Waals surface area contributed by atoms with Gasteiger partial charge in [0, 0.05) is 31.7 Å². The summed E-state index contributed by atoms with van der Waals surface area (Å²) in [5, 5.41) is 0. The smallest absolute Gasteiger partial charge is 0.242 e. The molecule has 5 nitrogen and oxygen atoms in total. The zero-order valence-corrected chi connectivity index (χ0v) is 10.8. The summed E-state index contributed by atoms with van der Waals surface area (Å²) in [6.45, 7) is 0.224. The van der Waals surface area contributed by atoms with E-state index in [0.717, 1.165) is 5.56 Å². The molecule has 1 aromatic heterocycles. The number of benzene rings is 1. The molecule has 2 rings (SSSR count). The van der Waals surface area contributed by atoms with E-state index in [9.17, 15) is 8.42 Å². The lowest BCUT2D eigenvalue weighted by atomic mass is 10.2. The molecule has 3 N–H and O–H groups in total. The van der Waals surface area contributed by atoms with Crippen LogP contribution in [0.5, 0.6) is 0 Å². The van der Waals surface area contributed by atoms with Crippen molar-refractivity contribution in [3.8, 4) is 0 Å². The molecule has 1 heterocycles. The molecular formula is C12H15N3O2S. The maximum absolute atomic E-state index is 11.9. The van der Waals surface area contributed by atoms with Gasteiger partial charge in [0.1, 0.15) is 0 Å². The quantitative estimate of drug-likeness (QED) is 0.812. The summed E-state index contributed by atoms with van der Waals surface area (Å²) in [5.74, 6) is 0. The molecular weight excluding hydrogens is 250 g/mol. The van der Waals surface area contributed by atoms with Gasteiger partial charge >= 0.3 is 0 Å². The van der Waals surface area contributed by atoms with Gasteiger partial charge in [-0.25, -0.2) is 13.1 Å². The van der Waals surface area contributed by atoms with Gasteiger partial charge in [0.15, 0.2) is 0 Å². The lowest BCUT2D eigenvalue weighted by Gasteiger charge is -2.05. The van der Waals surface area contributed by atoms with Crippen molar-refractivity contribution in [3.63, 3.8) is 0 Å². The maximum Gasteiger partial charge on any atom is 0.242 e. The van der Waals surface area contributed by atoms with Crippen molar-refractivity contribution < 1.29 is 8.42 Å². The molecule has 0 atom stereocenters. The predicted molar refractivity (Wildman–Crippen MR) is 70.3 cm³/mol. The first-order valence-corrected chi connectivity index (χ1v) is 6.92. The van der Waals surface area contributed by atoms with E-state index in [1.807, 2.05) is 6.07 Å². The Balaban J connectivity index is 2.10. The molecule has 18 heavy (non-hydrogen) atoms. The Morgan fingerprint density at radius 3 is 2.72 bits per heavy atom. The molecule has 0 aliphatic rings. The van der Waals surface area contributed by atoms with E-state index in [0.29, 0.717) is 5.69 Å². The largest absolute Gasteiger partial charge is 0.399 e. The van der Waals surface area contributed by atoms with Crippen LogP contribution < -0.4 is 10.5 Å². The highest BCUT2D eigenvalue weighted by Gasteiger charge is 2.14. The van der Waals surface area contributed by atoms with Gasteiger partial charge in [0.05, 0.1) is 4.90 Å². The second-order valence-electron chi connectivity index (χ2n) is 4.08. The normalized spacial score (nSPS) is 11.6. The van der Waals surface area contributed by atoms with E-state index in [-0.39, 0.29) is 11.4 Å². The lowest BCUT2D eigenvalue weighted by molar-refractivity contribution is 0.581. The highest BCUT2D eigenvalue weighted by molar-refractivity contribution is 7.89. The van der Waals surface area contributed by atoms with Crippen molar-refractivity contribution in [1.82, 2.24) is 9.29 Å². The van der Waals surface area contributed by atoms with Gasteiger partial charge in [-0.3, -0.25) is 0 Å². The molecule has 0 unspecified atom stereocenters. The molecule has 0 radical (unpaired) electrons. The summed E-state index contributed by atoms with van der Waals surface area (Å²) in [6.07, 6.45) is 3.25. The third kappa shape index (κ3) is 2.91. The van der Waals surface area contributed by atoms with Gasteiger partial charge in [-0.1, -0.05) is 12.1 Å². The molecule has 0 spiro atoms. The Kier molecular flexibility index (Phi) is 3.40. The van der Waals surface area contributed by atoms with E-state index in [1.54, 1.807) is 48.3 Å². The monoisotopic (exact) mass is 265 g/mol. The first-order valence-electron chi connectivity index (χ1n) is 5.43. The number of hydrogen-bond acceptors (Lipinski definition) is 3. The standard InChI is InChI=1S/C12H15N3O2S/c1-15-6-5-12(9-15)18(16,17)14-8-10-3-2-4-11(13)7-10/h2-7,9,14H,8,13H2,1H3. The number of nitrogens with one attached hydrogen (secondary N) is 1. The summed E-state index contributed by atoms with van der Waals surface area (Å²) in [6, 6.07) is 8.68. The Bertz CT molecular complexity index is 647. The first-order chi connectivity index (χ1) is 8.47. The van der Waals surface area contributed by atoms with Gasteiger partial charge in [-0.15, -0.1) is 0 Å². The molecule has 2 aromatic rings. The third-order valence-corrected chi connectivity index (χ3v) is 3.92. The van der Waals surface area contributed by atoms with Crippen LogP contribution >= 0.6 is 0 Å². The van der Waals surface area contributed by atoms with E-state index in [1.165, 1.54) is 0 Å². The first kappa shape index (κ1) is 12.7. The maximum atomic E-state index is 11.9.